The number of anilines is 2. The van der Waals surface area contributed by atoms with E-state index in [1.807, 2.05) is 78.7 Å². The molecule has 0 saturated heterocycles. The van der Waals surface area contributed by atoms with Crippen molar-refractivity contribution in [3.8, 4) is 22.3 Å². The lowest BCUT2D eigenvalue weighted by atomic mass is 9.95. The van der Waals surface area contributed by atoms with E-state index in [-0.39, 0.29) is 11.8 Å². The Kier molecular flexibility index (Phi) is 10.9. The van der Waals surface area contributed by atoms with E-state index in [1.54, 1.807) is 0 Å². The van der Waals surface area contributed by atoms with Gasteiger partial charge in [0.1, 0.15) is 0 Å². The molecule has 10 heteroatoms. The number of rotatable bonds is 8. The van der Waals surface area contributed by atoms with Gasteiger partial charge in [-0.3, -0.25) is 9.59 Å². The molecule has 2 aliphatic rings. The third-order valence-corrected chi connectivity index (χ3v) is 12.0. The summed E-state index contributed by atoms with van der Waals surface area (Å²) in [5, 5.41) is 6.50. The second-order valence-electron chi connectivity index (χ2n) is 18.6. The summed E-state index contributed by atoms with van der Waals surface area (Å²) in [6.07, 6.45) is 0. The predicted octanol–water partition coefficient (Wildman–Crippen LogP) is 10.1. The van der Waals surface area contributed by atoms with Crippen molar-refractivity contribution >= 4 is 67.5 Å². The maximum atomic E-state index is 13.5. The molecule has 0 spiro atoms. The van der Waals surface area contributed by atoms with Gasteiger partial charge in [0.2, 0.25) is 0 Å². The number of nitrogens with zero attached hydrogens (tertiary/aromatic N) is 4. The molecule has 4 N–H and O–H groups in total. The van der Waals surface area contributed by atoms with E-state index in [0.717, 1.165) is 123 Å². The van der Waals surface area contributed by atoms with Crippen LogP contribution < -0.4 is 10.6 Å². The van der Waals surface area contributed by atoms with Gasteiger partial charge >= 0.3 is 0 Å². The quantitative estimate of drug-likeness (QED) is 0.117. The number of aryl methyl sites for hydroxylation is 4. The van der Waals surface area contributed by atoms with E-state index < -0.39 is 0 Å². The monoisotopic (exact) mass is 804 g/mol. The molecule has 10 nitrogen and oxygen atoms in total. The van der Waals surface area contributed by atoms with Gasteiger partial charge in [0.25, 0.3) is 11.8 Å². The van der Waals surface area contributed by atoms with Crippen molar-refractivity contribution in [1.29, 1.82) is 0 Å². The number of amides is 2. The van der Waals surface area contributed by atoms with Crippen LogP contribution in [-0.2, 0) is 9.59 Å². The van der Waals surface area contributed by atoms with Gasteiger partial charge in [0.15, 0.2) is 13.1 Å². The fourth-order valence-electron chi connectivity index (χ4n) is 8.19. The van der Waals surface area contributed by atoms with E-state index in [1.165, 1.54) is 0 Å². The van der Waals surface area contributed by atoms with Crippen LogP contribution >= 0.6 is 0 Å². The number of hydrogen-bond donors (Lipinski definition) is 4. The number of H-pyrrole nitrogens is 2. The maximum Gasteiger partial charge on any atom is 0.279 e. The predicted molar refractivity (Wildman–Crippen MR) is 250 cm³/mol. The Morgan fingerprint density at radius 2 is 0.867 bits per heavy atom. The molecule has 5 heterocycles. The average Bonchev–Trinajstić information content (AvgIpc) is 3.79. The molecule has 0 saturated carbocycles. The number of benzene rings is 2. The topological polar surface area (TPSA) is 116 Å². The molecule has 0 aliphatic carbocycles. The van der Waals surface area contributed by atoms with Crippen LogP contribution in [0.15, 0.2) is 60.7 Å². The van der Waals surface area contributed by atoms with Crippen LogP contribution in [-0.4, -0.2) is 96.1 Å². The standard InChI is InChI=1S/C50H58N8O2/c1-27-31(5)47-45(35-19-15-17-21-37(35)51-43(59)25-57(9,10)11)48-33(7)29(3)41(55-48)24-42-30(4)34(8)50(56-42)46(49-32(6)28(2)40(54-49)23-39(27)53-47)36-20-16-18-22-38(36)52-44(60)26-58(12,13)14/h15-24H,25-26H2,1-14H3,(H2-2,51,52,53,54,55,56,59,60)/p+2. The molecule has 0 unspecified atom stereocenters. The molecule has 8 bridgehead atoms. The Hall–Kier alpha value is -6.10. The molecule has 60 heavy (non-hydrogen) atoms. The number of quaternary nitrogens is 2. The van der Waals surface area contributed by atoms with Crippen molar-refractivity contribution in [1.82, 2.24) is 19.9 Å². The molecule has 0 atom stereocenters. The zero-order valence-electron chi connectivity index (χ0n) is 37.8. The number of hydrogen-bond acceptors (Lipinski definition) is 4. The summed E-state index contributed by atoms with van der Waals surface area (Å²) in [5.74, 6) is -0.116. The minimum atomic E-state index is -0.0581. The Morgan fingerprint density at radius 3 is 1.22 bits per heavy atom. The zero-order valence-corrected chi connectivity index (χ0v) is 37.8. The van der Waals surface area contributed by atoms with Gasteiger partial charge in [-0.1, -0.05) is 36.4 Å². The molecule has 2 aromatic carbocycles. The third kappa shape index (κ3) is 7.97. The maximum absolute atomic E-state index is 13.5. The van der Waals surface area contributed by atoms with Crippen LogP contribution in [0.4, 0.5) is 11.4 Å². The summed E-state index contributed by atoms with van der Waals surface area (Å²) in [5.41, 5.74) is 20.9. The smallest absolute Gasteiger partial charge is 0.279 e. The molecule has 0 radical (unpaired) electrons. The first kappa shape index (κ1) is 42.0. The molecule has 5 aromatic rings. The van der Waals surface area contributed by atoms with Crippen molar-refractivity contribution in [2.45, 2.75) is 55.4 Å². The lowest BCUT2D eigenvalue weighted by molar-refractivity contribution is -0.861. The van der Waals surface area contributed by atoms with Crippen molar-refractivity contribution in [3.63, 3.8) is 0 Å². The number of aromatic amines is 2. The van der Waals surface area contributed by atoms with Gasteiger partial charge in [-0.2, -0.15) is 0 Å². The molecule has 7 rings (SSSR count). The first-order valence-corrected chi connectivity index (χ1v) is 20.6. The Morgan fingerprint density at radius 1 is 0.517 bits per heavy atom. The Labute approximate surface area is 354 Å². The molecule has 3 aromatic heterocycles. The summed E-state index contributed by atoms with van der Waals surface area (Å²) in [4.78, 5) is 45.5. The van der Waals surface area contributed by atoms with Crippen molar-refractivity contribution < 1.29 is 18.6 Å². The molecule has 2 aliphatic heterocycles. The molecular formula is C50H60N8O2+2. The highest BCUT2D eigenvalue weighted by Gasteiger charge is 2.27. The van der Waals surface area contributed by atoms with E-state index in [4.69, 9.17) is 9.97 Å². The van der Waals surface area contributed by atoms with Gasteiger partial charge in [0.05, 0.1) is 76.1 Å². The van der Waals surface area contributed by atoms with E-state index in [0.29, 0.717) is 22.1 Å². The van der Waals surface area contributed by atoms with Crippen LogP contribution in [0.2, 0.25) is 0 Å². The first-order chi connectivity index (χ1) is 28.1. The minimum absolute atomic E-state index is 0.0581. The fourth-order valence-corrected chi connectivity index (χ4v) is 8.19. The number of para-hydroxylation sites is 2. The molecule has 310 valence electrons. The number of likely N-dealkylation sites (N-methyl/N-ethyl adjacent to an activating group) is 2. The summed E-state index contributed by atoms with van der Waals surface area (Å²) in [7, 11) is 12.1. The summed E-state index contributed by atoms with van der Waals surface area (Å²) in [6.45, 7) is 17.8. The fraction of sp³-hybridized carbons (Fsp3) is 0.320. The van der Waals surface area contributed by atoms with Crippen LogP contribution in [0.1, 0.15) is 72.7 Å². The number of aromatic nitrogens is 4. The van der Waals surface area contributed by atoms with Crippen LogP contribution in [0.3, 0.4) is 0 Å². The highest BCUT2D eigenvalue weighted by molar-refractivity contribution is 6.07. The van der Waals surface area contributed by atoms with Gasteiger partial charge in [0, 0.05) is 44.7 Å². The number of allylic oxidation sites excluding steroid dienone is 4. The SMILES string of the molecule is CC1=C(C)c2nc1cc1[nH]c(c(C)c1C)c(-c1ccccc1NC(=O)C[N+](C)(C)C)c1nc(cc3[nH]c(c(C)c3C)c2-c2ccccc2NC(=O)C[N+](C)(C)C)C(C)=C1C. The molecular weight excluding hydrogens is 745 g/mol. The van der Waals surface area contributed by atoms with Gasteiger partial charge < -0.3 is 29.6 Å². The first-order valence-electron chi connectivity index (χ1n) is 20.6. The van der Waals surface area contributed by atoms with Crippen molar-refractivity contribution in [2.24, 2.45) is 0 Å². The van der Waals surface area contributed by atoms with Crippen LogP contribution in [0.5, 0.6) is 0 Å². The third-order valence-electron chi connectivity index (χ3n) is 12.0. The Balaban J connectivity index is 1.61. The largest absolute Gasteiger partial charge is 0.354 e. The number of nitrogens with one attached hydrogen (secondary N) is 4. The highest BCUT2D eigenvalue weighted by atomic mass is 16.2. The number of fused-ring (bicyclic) bond motifs is 8. The number of carbonyl (C=O) groups is 2. The van der Waals surface area contributed by atoms with E-state index in [9.17, 15) is 9.59 Å². The summed E-state index contributed by atoms with van der Waals surface area (Å²) < 4.78 is 1.02. The second-order valence-corrected chi connectivity index (χ2v) is 18.6. The van der Waals surface area contributed by atoms with Gasteiger partial charge in [-0.05, 0) is 124 Å². The lowest BCUT2D eigenvalue weighted by Gasteiger charge is -2.23. The molecule has 2 amide bonds. The van der Waals surface area contributed by atoms with Crippen molar-refractivity contribution in [2.75, 3.05) is 66.0 Å². The van der Waals surface area contributed by atoms with Gasteiger partial charge in [-0.15, -0.1) is 0 Å². The number of carbonyl (C=O) groups excluding carboxylic acids is 2. The van der Waals surface area contributed by atoms with Crippen molar-refractivity contribution in [3.05, 3.63) is 106 Å². The summed E-state index contributed by atoms with van der Waals surface area (Å²) in [6, 6.07) is 20.3. The highest BCUT2D eigenvalue weighted by Crippen LogP contribution is 2.44. The normalized spacial score (nSPS) is 13.3. The van der Waals surface area contributed by atoms with Gasteiger partial charge in [-0.25, -0.2) is 9.97 Å². The molecule has 0 fully saturated rings. The second kappa shape index (κ2) is 15.5. The summed E-state index contributed by atoms with van der Waals surface area (Å²) >= 11 is 0. The zero-order chi connectivity index (χ0) is 43.6. The van der Waals surface area contributed by atoms with E-state index in [2.05, 4.69) is 100 Å². The van der Waals surface area contributed by atoms with Crippen LogP contribution in [0.25, 0.3) is 66.6 Å². The van der Waals surface area contributed by atoms with Crippen LogP contribution in [0, 0.1) is 27.7 Å². The lowest BCUT2D eigenvalue weighted by Crippen LogP contribution is -2.41. The van der Waals surface area contributed by atoms with E-state index >= 15 is 0 Å². The Bertz CT molecular complexity index is 2660. The average molecular weight is 805 g/mol. The minimum Gasteiger partial charge on any atom is -0.354 e.